The van der Waals surface area contributed by atoms with E-state index in [-0.39, 0.29) is 21.9 Å². The van der Waals surface area contributed by atoms with Gasteiger partial charge in [0, 0.05) is 4.88 Å². The van der Waals surface area contributed by atoms with E-state index in [1.54, 1.807) is 22.8 Å². The van der Waals surface area contributed by atoms with Gasteiger partial charge in [-0.15, -0.1) is 17.8 Å². The lowest BCUT2D eigenvalue weighted by molar-refractivity contribution is -0.115. The molecule has 1 aromatic carbocycles. The van der Waals surface area contributed by atoms with Gasteiger partial charge in [0.1, 0.15) is 22.3 Å². The van der Waals surface area contributed by atoms with Gasteiger partial charge in [0.05, 0.1) is 36.5 Å². The maximum Gasteiger partial charge on any atom is 0.341 e. The summed E-state index contributed by atoms with van der Waals surface area (Å²) in [6.45, 7) is 2.23. The van der Waals surface area contributed by atoms with Crippen LogP contribution in [-0.2, 0) is 43.5 Å². The number of methoxy groups -OCH3 is 2. The molecule has 2 amide bonds. The number of carbonyl (C=O) groups excluding carboxylic acids is 3. The summed E-state index contributed by atoms with van der Waals surface area (Å²) in [5, 5.41) is 2.81. The monoisotopic (exact) mass is 589 g/mol. The van der Waals surface area contributed by atoms with Crippen LogP contribution in [0, 0.1) is 18.3 Å². The first-order valence-corrected chi connectivity index (χ1v) is 15.4. The number of thiophene rings is 1. The van der Waals surface area contributed by atoms with Crippen molar-refractivity contribution in [3.05, 3.63) is 39.0 Å². The molecule has 39 heavy (non-hydrogen) atoms. The SMILES string of the molecule is C#CCn1c(=NC(=O)CS(=O)(=O)CC(=O)Nc2sc3c(c2C(=O)OC)CCC(C)C3)sc2cc(OC)ccc21. The molecular formula is C26H27N3O7S3. The lowest BCUT2D eigenvalue weighted by atomic mass is 9.88. The van der Waals surface area contributed by atoms with E-state index in [4.69, 9.17) is 15.9 Å². The Balaban J connectivity index is 1.52. The summed E-state index contributed by atoms with van der Waals surface area (Å²) in [7, 11) is -1.38. The predicted octanol–water partition coefficient (Wildman–Crippen LogP) is 2.80. The maximum atomic E-state index is 12.7. The van der Waals surface area contributed by atoms with Gasteiger partial charge < -0.3 is 19.4 Å². The number of esters is 1. The van der Waals surface area contributed by atoms with Crippen molar-refractivity contribution in [2.75, 3.05) is 31.0 Å². The van der Waals surface area contributed by atoms with Crippen LogP contribution in [-0.4, -0.2) is 56.5 Å². The van der Waals surface area contributed by atoms with Crippen LogP contribution >= 0.6 is 22.7 Å². The van der Waals surface area contributed by atoms with Crippen LogP contribution in [0.5, 0.6) is 5.75 Å². The van der Waals surface area contributed by atoms with Crippen LogP contribution in [0.4, 0.5) is 5.00 Å². The Labute approximate surface area is 233 Å². The van der Waals surface area contributed by atoms with E-state index in [1.807, 2.05) is 0 Å². The van der Waals surface area contributed by atoms with E-state index in [1.165, 1.54) is 36.9 Å². The molecule has 0 bridgehead atoms. The molecule has 1 unspecified atom stereocenters. The number of sulfone groups is 1. The van der Waals surface area contributed by atoms with Gasteiger partial charge in [-0.2, -0.15) is 4.99 Å². The second kappa shape index (κ2) is 11.7. The summed E-state index contributed by atoms with van der Waals surface area (Å²) in [6.07, 6.45) is 7.81. The van der Waals surface area contributed by atoms with Gasteiger partial charge in [-0.3, -0.25) is 9.59 Å². The number of nitrogens with zero attached hydrogens (tertiary/aromatic N) is 2. The normalized spacial score (nSPS) is 15.4. The minimum absolute atomic E-state index is 0.125. The Bertz CT molecular complexity index is 1670. The molecule has 2 aromatic heterocycles. The van der Waals surface area contributed by atoms with Gasteiger partial charge in [0.25, 0.3) is 5.91 Å². The zero-order valence-electron chi connectivity index (χ0n) is 21.6. The summed E-state index contributed by atoms with van der Waals surface area (Å²) in [6, 6.07) is 5.29. The van der Waals surface area contributed by atoms with E-state index in [2.05, 4.69) is 23.2 Å². The molecular weight excluding hydrogens is 563 g/mol. The van der Waals surface area contributed by atoms with Crippen molar-refractivity contribution in [2.45, 2.75) is 32.7 Å². The number of nitrogens with one attached hydrogen (secondary N) is 1. The number of ether oxygens (including phenoxy) is 2. The van der Waals surface area contributed by atoms with Crippen LogP contribution in [0.3, 0.4) is 0 Å². The topological polar surface area (TPSA) is 133 Å². The molecule has 1 aliphatic carbocycles. The molecule has 0 spiro atoms. The average Bonchev–Trinajstić information content (AvgIpc) is 3.38. The van der Waals surface area contributed by atoms with Crippen molar-refractivity contribution in [1.82, 2.24) is 4.57 Å². The van der Waals surface area contributed by atoms with E-state index >= 15 is 0 Å². The van der Waals surface area contributed by atoms with Crippen molar-refractivity contribution in [3.8, 4) is 18.1 Å². The Morgan fingerprint density at radius 1 is 1.23 bits per heavy atom. The Morgan fingerprint density at radius 2 is 2.00 bits per heavy atom. The number of amides is 2. The third-order valence-corrected chi connectivity index (χ3v) is 9.81. The summed E-state index contributed by atoms with van der Waals surface area (Å²) < 4.78 is 38.0. The molecule has 0 fully saturated rings. The predicted molar refractivity (Wildman–Crippen MR) is 150 cm³/mol. The molecule has 4 rings (SSSR count). The molecule has 2 heterocycles. The lowest BCUT2D eigenvalue weighted by Gasteiger charge is -2.18. The minimum atomic E-state index is -4.17. The van der Waals surface area contributed by atoms with E-state index in [0.717, 1.165) is 33.5 Å². The number of carbonyl (C=O) groups is 3. The molecule has 1 atom stereocenters. The Kier molecular flexibility index (Phi) is 8.58. The number of benzene rings is 1. The smallest absolute Gasteiger partial charge is 0.341 e. The van der Waals surface area contributed by atoms with Crippen molar-refractivity contribution >= 4 is 65.5 Å². The van der Waals surface area contributed by atoms with Gasteiger partial charge in [-0.05, 0) is 48.9 Å². The van der Waals surface area contributed by atoms with Crippen LogP contribution in [0.15, 0.2) is 23.2 Å². The van der Waals surface area contributed by atoms with Gasteiger partial charge in [-0.1, -0.05) is 24.2 Å². The quantitative estimate of drug-likeness (QED) is 0.316. The standard InChI is InChI=1S/C26H27N3O7S3/c1-5-10-29-18-9-7-16(35-3)12-20(18)38-26(29)28-22(31)14-39(33,34)13-21(30)27-24-23(25(32)36-4)17-8-6-15(2)11-19(17)37-24/h1,7,9,12,15H,6,8,10-11,13-14H2,2-4H3,(H,27,30). The van der Waals surface area contributed by atoms with E-state index in [9.17, 15) is 22.8 Å². The second-order valence-corrected chi connectivity index (χ2v) is 13.3. The van der Waals surface area contributed by atoms with Gasteiger partial charge in [0.2, 0.25) is 5.91 Å². The highest BCUT2D eigenvalue weighted by Crippen LogP contribution is 2.40. The molecule has 0 saturated carbocycles. The zero-order valence-corrected chi connectivity index (χ0v) is 24.1. The zero-order chi connectivity index (χ0) is 28.3. The van der Waals surface area contributed by atoms with E-state index in [0.29, 0.717) is 18.1 Å². The average molecular weight is 590 g/mol. The lowest BCUT2D eigenvalue weighted by Crippen LogP contribution is -2.28. The van der Waals surface area contributed by atoms with Gasteiger partial charge in [0.15, 0.2) is 14.6 Å². The van der Waals surface area contributed by atoms with Gasteiger partial charge in [-0.25, -0.2) is 13.2 Å². The number of aromatic nitrogens is 1. The summed E-state index contributed by atoms with van der Waals surface area (Å²) in [5.41, 5.74) is 1.82. The van der Waals surface area contributed by atoms with Crippen molar-refractivity contribution < 1.29 is 32.3 Å². The molecule has 0 radical (unpaired) electrons. The van der Waals surface area contributed by atoms with Crippen LogP contribution in [0.25, 0.3) is 10.2 Å². The van der Waals surface area contributed by atoms with Crippen molar-refractivity contribution in [3.63, 3.8) is 0 Å². The first kappa shape index (κ1) is 28.5. The number of anilines is 1. The molecule has 0 saturated heterocycles. The highest BCUT2D eigenvalue weighted by Gasteiger charge is 2.30. The first-order chi connectivity index (χ1) is 18.5. The fraction of sp³-hybridized carbons (Fsp3) is 0.385. The number of rotatable bonds is 8. The van der Waals surface area contributed by atoms with Crippen LogP contribution in [0.1, 0.15) is 34.1 Å². The number of hydrogen-bond acceptors (Lipinski definition) is 9. The minimum Gasteiger partial charge on any atom is -0.497 e. The molecule has 13 heteroatoms. The van der Waals surface area contributed by atoms with Crippen LogP contribution < -0.4 is 14.9 Å². The fourth-order valence-corrected chi connectivity index (χ4v) is 7.91. The fourth-order valence-electron chi connectivity index (χ4n) is 4.41. The molecule has 1 N–H and O–H groups in total. The number of terminal acetylenes is 1. The third kappa shape index (κ3) is 6.41. The molecule has 206 valence electrons. The third-order valence-electron chi connectivity index (χ3n) is 6.21. The second-order valence-electron chi connectivity index (χ2n) is 9.14. The molecule has 10 nitrogen and oxygen atoms in total. The molecule has 3 aromatic rings. The molecule has 0 aliphatic heterocycles. The van der Waals surface area contributed by atoms with Crippen molar-refractivity contribution in [2.24, 2.45) is 10.9 Å². The maximum absolute atomic E-state index is 12.7. The van der Waals surface area contributed by atoms with E-state index < -0.39 is 39.1 Å². The summed E-state index contributed by atoms with van der Waals surface area (Å²) >= 11 is 2.42. The largest absolute Gasteiger partial charge is 0.497 e. The van der Waals surface area contributed by atoms with Crippen LogP contribution in [0.2, 0.25) is 0 Å². The summed E-state index contributed by atoms with van der Waals surface area (Å²) in [4.78, 5) is 43.0. The number of thiazole rings is 1. The number of fused-ring (bicyclic) bond motifs is 2. The highest BCUT2D eigenvalue weighted by molar-refractivity contribution is 7.92. The first-order valence-electron chi connectivity index (χ1n) is 12.0. The summed E-state index contributed by atoms with van der Waals surface area (Å²) in [5.74, 6) is -0.724. The molecule has 1 aliphatic rings. The number of hydrogen-bond donors (Lipinski definition) is 1. The highest BCUT2D eigenvalue weighted by atomic mass is 32.2. The van der Waals surface area contributed by atoms with Gasteiger partial charge >= 0.3 is 5.97 Å². The Hall–Kier alpha value is -3.47. The Morgan fingerprint density at radius 3 is 2.69 bits per heavy atom. The van der Waals surface area contributed by atoms with Crippen molar-refractivity contribution in [1.29, 1.82) is 0 Å².